The number of anilines is 3. The Bertz CT molecular complexity index is 867. The Balaban J connectivity index is 1.64. The van der Waals surface area contributed by atoms with Crippen molar-refractivity contribution in [3.63, 3.8) is 0 Å². The third kappa shape index (κ3) is 4.82. The first kappa shape index (κ1) is 17.9. The second kappa shape index (κ2) is 7.57. The fraction of sp³-hybridized carbons (Fsp3) is 0.118. The highest BCUT2D eigenvalue weighted by Gasteiger charge is 2.29. The maximum atomic E-state index is 12.6. The molecule has 3 rings (SSSR count). The molecule has 0 saturated heterocycles. The number of hydrogen-bond donors (Lipinski definition) is 2. The summed E-state index contributed by atoms with van der Waals surface area (Å²) in [4.78, 5) is 4.23. The summed E-state index contributed by atoms with van der Waals surface area (Å²) in [5.74, 6) is 0.648. The predicted molar refractivity (Wildman–Crippen MR) is 93.3 cm³/mol. The van der Waals surface area contributed by atoms with E-state index in [4.69, 9.17) is 11.6 Å². The van der Waals surface area contributed by atoms with Crippen LogP contribution in [0.5, 0.6) is 0 Å². The minimum atomic E-state index is -4.37. The van der Waals surface area contributed by atoms with Crippen molar-refractivity contribution in [1.82, 2.24) is 15.2 Å². The summed E-state index contributed by atoms with van der Waals surface area (Å²) in [7, 11) is 0. The molecule has 2 aromatic carbocycles. The molecular weight excluding hydrogens is 367 g/mol. The Hall–Kier alpha value is -2.87. The summed E-state index contributed by atoms with van der Waals surface area (Å²) >= 11 is 5.84. The second-order valence-corrected chi connectivity index (χ2v) is 5.78. The van der Waals surface area contributed by atoms with E-state index in [1.807, 2.05) is 12.1 Å². The van der Waals surface area contributed by atoms with Crippen LogP contribution in [0, 0.1) is 0 Å². The van der Waals surface area contributed by atoms with Gasteiger partial charge in [0.05, 0.1) is 11.8 Å². The van der Waals surface area contributed by atoms with Crippen LogP contribution in [0.25, 0.3) is 0 Å². The van der Waals surface area contributed by atoms with E-state index in [0.29, 0.717) is 23.1 Å². The number of aromatic nitrogens is 3. The van der Waals surface area contributed by atoms with Gasteiger partial charge < -0.3 is 10.6 Å². The number of benzene rings is 2. The van der Waals surface area contributed by atoms with Gasteiger partial charge in [-0.05, 0) is 42.0 Å². The molecule has 1 heterocycles. The van der Waals surface area contributed by atoms with Gasteiger partial charge in [0.15, 0.2) is 5.82 Å². The van der Waals surface area contributed by atoms with E-state index in [2.05, 4.69) is 25.8 Å². The second-order valence-electron chi connectivity index (χ2n) is 5.35. The lowest BCUT2D eigenvalue weighted by molar-refractivity contribution is -0.137. The molecule has 0 bridgehead atoms. The van der Waals surface area contributed by atoms with Gasteiger partial charge in [0.2, 0.25) is 5.95 Å². The predicted octanol–water partition coefficient (Wildman–Crippen LogP) is 4.90. The molecule has 0 amide bonds. The van der Waals surface area contributed by atoms with Crippen LogP contribution in [0.2, 0.25) is 5.02 Å². The first-order valence-electron chi connectivity index (χ1n) is 7.52. The highest BCUT2D eigenvalue weighted by molar-refractivity contribution is 6.30. The van der Waals surface area contributed by atoms with Gasteiger partial charge >= 0.3 is 6.18 Å². The zero-order valence-corrected chi connectivity index (χ0v) is 14.0. The van der Waals surface area contributed by atoms with Crippen molar-refractivity contribution in [2.45, 2.75) is 12.7 Å². The molecule has 0 atom stereocenters. The Morgan fingerprint density at radius 1 is 0.962 bits per heavy atom. The van der Waals surface area contributed by atoms with E-state index in [9.17, 15) is 13.2 Å². The number of rotatable bonds is 5. The Morgan fingerprint density at radius 2 is 1.65 bits per heavy atom. The maximum Gasteiger partial charge on any atom is 0.416 e. The van der Waals surface area contributed by atoms with Crippen LogP contribution in [-0.4, -0.2) is 15.2 Å². The Morgan fingerprint density at radius 3 is 2.31 bits per heavy atom. The van der Waals surface area contributed by atoms with E-state index in [0.717, 1.165) is 17.7 Å². The maximum absolute atomic E-state index is 12.6. The Labute approximate surface area is 152 Å². The number of halogens is 4. The van der Waals surface area contributed by atoms with Gasteiger partial charge in [-0.25, -0.2) is 0 Å². The fourth-order valence-electron chi connectivity index (χ4n) is 2.11. The van der Waals surface area contributed by atoms with Gasteiger partial charge in [0.1, 0.15) is 0 Å². The molecule has 2 N–H and O–H groups in total. The van der Waals surface area contributed by atoms with Crippen LogP contribution in [-0.2, 0) is 12.7 Å². The quantitative estimate of drug-likeness (QED) is 0.660. The third-order valence-electron chi connectivity index (χ3n) is 3.41. The van der Waals surface area contributed by atoms with Crippen LogP contribution < -0.4 is 10.6 Å². The lowest BCUT2D eigenvalue weighted by Crippen LogP contribution is -2.07. The van der Waals surface area contributed by atoms with E-state index in [-0.39, 0.29) is 5.95 Å². The monoisotopic (exact) mass is 379 g/mol. The molecule has 0 saturated carbocycles. The van der Waals surface area contributed by atoms with E-state index < -0.39 is 11.7 Å². The molecule has 134 valence electrons. The number of nitrogens with zero attached hydrogens (tertiary/aromatic N) is 3. The van der Waals surface area contributed by atoms with Crippen LogP contribution in [0.3, 0.4) is 0 Å². The minimum Gasteiger partial charge on any atom is -0.349 e. The summed E-state index contributed by atoms with van der Waals surface area (Å²) in [6, 6.07) is 11.9. The van der Waals surface area contributed by atoms with Crippen molar-refractivity contribution in [3.05, 3.63) is 70.9 Å². The standard InChI is InChI=1S/C17H13ClF3N5/c18-13-5-1-11(2-6-13)9-22-16-25-15(10-23-26-16)24-14-7-3-12(4-8-14)17(19,20)21/h1-8,10H,9H2,(H2,22,24,25,26). The lowest BCUT2D eigenvalue weighted by Gasteiger charge is -2.10. The van der Waals surface area contributed by atoms with Crippen LogP contribution in [0.4, 0.5) is 30.6 Å². The average Bonchev–Trinajstić information content (AvgIpc) is 2.61. The van der Waals surface area contributed by atoms with Gasteiger partial charge in [-0.3, -0.25) is 0 Å². The normalized spacial score (nSPS) is 11.2. The summed E-state index contributed by atoms with van der Waals surface area (Å²) in [6.07, 6.45) is -2.99. The lowest BCUT2D eigenvalue weighted by atomic mass is 10.2. The summed E-state index contributed by atoms with van der Waals surface area (Å²) < 4.78 is 37.7. The van der Waals surface area contributed by atoms with Crippen molar-refractivity contribution in [2.75, 3.05) is 10.6 Å². The molecule has 3 aromatic rings. The molecule has 1 aromatic heterocycles. The van der Waals surface area contributed by atoms with E-state index >= 15 is 0 Å². The molecule has 0 spiro atoms. The average molecular weight is 380 g/mol. The molecule has 26 heavy (non-hydrogen) atoms. The molecule has 0 aliphatic carbocycles. The third-order valence-corrected chi connectivity index (χ3v) is 3.66. The smallest absolute Gasteiger partial charge is 0.349 e. The van der Waals surface area contributed by atoms with Gasteiger partial charge in [-0.15, -0.1) is 5.10 Å². The zero-order chi connectivity index (χ0) is 18.6. The largest absolute Gasteiger partial charge is 0.416 e. The number of hydrogen-bond acceptors (Lipinski definition) is 5. The molecule has 0 aliphatic rings. The summed E-state index contributed by atoms with van der Waals surface area (Å²) in [5, 5.41) is 14.3. The molecule has 0 fully saturated rings. The highest BCUT2D eigenvalue weighted by atomic mass is 35.5. The molecule has 9 heteroatoms. The van der Waals surface area contributed by atoms with Crippen molar-refractivity contribution in [1.29, 1.82) is 0 Å². The van der Waals surface area contributed by atoms with Gasteiger partial charge in [-0.1, -0.05) is 23.7 Å². The minimum absolute atomic E-state index is 0.289. The highest BCUT2D eigenvalue weighted by Crippen LogP contribution is 2.30. The van der Waals surface area contributed by atoms with Gasteiger partial charge in [0, 0.05) is 17.3 Å². The first-order valence-corrected chi connectivity index (χ1v) is 7.90. The van der Waals surface area contributed by atoms with Gasteiger partial charge in [0.25, 0.3) is 0 Å². The van der Waals surface area contributed by atoms with Crippen LogP contribution in [0.15, 0.2) is 54.7 Å². The van der Waals surface area contributed by atoms with Crippen molar-refractivity contribution in [2.24, 2.45) is 0 Å². The first-order chi connectivity index (χ1) is 12.4. The fourth-order valence-corrected chi connectivity index (χ4v) is 2.24. The summed E-state index contributed by atoms with van der Waals surface area (Å²) in [6.45, 7) is 0.475. The SMILES string of the molecule is FC(F)(F)c1ccc(Nc2cnnc(NCc3ccc(Cl)cc3)n2)cc1. The molecule has 0 unspecified atom stereocenters. The van der Waals surface area contributed by atoms with E-state index in [1.54, 1.807) is 12.1 Å². The van der Waals surface area contributed by atoms with Crippen LogP contribution in [0.1, 0.15) is 11.1 Å². The molecular formula is C17H13ClF3N5. The summed E-state index contributed by atoms with van der Waals surface area (Å²) in [5.41, 5.74) is 0.732. The molecule has 5 nitrogen and oxygen atoms in total. The van der Waals surface area contributed by atoms with Gasteiger partial charge in [-0.2, -0.15) is 23.3 Å². The van der Waals surface area contributed by atoms with Crippen molar-refractivity contribution >= 4 is 29.1 Å². The van der Waals surface area contributed by atoms with Crippen molar-refractivity contribution in [3.8, 4) is 0 Å². The van der Waals surface area contributed by atoms with Crippen LogP contribution >= 0.6 is 11.6 Å². The number of alkyl halides is 3. The zero-order valence-electron chi connectivity index (χ0n) is 13.3. The number of nitrogens with one attached hydrogen (secondary N) is 2. The topological polar surface area (TPSA) is 62.7 Å². The van der Waals surface area contributed by atoms with Crippen molar-refractivity contribution < 1.29 is 13.2 Å². The van der Waals surface area contributed by atoms with E-state index in [1.165, 1.54) is 18.3 Å². The molecule has 0 aliphatic heterocycles. The molecule has 0 radical (unpaired) electrons. The Kier molecular flexibility index (Phi) is 5.22.